The van der Waals surface area contributed by atoms with Crippen LogP contribution < -0.4 is 16.0 Å². The Morgan fingerprint density at radius 1 is 1.08 bits per heavy atom. The van der Waals surface area contributed by atoms with E-state index in [1.165, 1.54) is 17.7 Å². The Bertz CT molecular complexity index is 692. The van der Waals surface area contributed by atoms with Crippen LogP contribution in [0.2, 0.25) is 0 Å². The SMILES string of the molecule is O=C(NCCc1cccs1)Nc1ccc(C(=O)NC2CCCC2)cc1. The summed E-state index contributed by atoms with van der Waals surface area (Å²) in [5.41, 5.74) is 1.29. The zero-order chi connectivity index (χ0) is 17.5. The zero-order valence-corrected chi connectivity index (χ0v) is 14.9. The fraction of sp³-hybridized carbons (Fsp3) is 0.368. The van der Waals surface area contributed by atoms with Crippen molar-refractivity contribution in [3.05, 3.63) is 52.2 Å². The summed E-state index contributed by atoms with van der Waals surface area (Å²) in [5, 5.41) is 10.7. The highest BCUT2D eigenvalue weighted by molar-refractivity contribution is 7.09. The number of carbonyl (C=O) groups excluding carboxylic acids is 2. The van der Waals surface area contributed by atoms with Gasteiger partial charge in [-0.15, -0.1) is 11.3 Å². The van der Waals surface area contributed by atoms with Crippen LogP contribution in [0.25, 0.3) is 0 Å². The second kappa shape index (κ2) is 8.67. The lowest BCUT2D eigenvalue weighted by molar-refractivity contribution is 0.0938. The minimum atomic E-state index is -0.236. The Balaban J connectivity index is 1.43. The predicted octanol–water partition coefficient (Wildman–Crippen LogP) is 3.78. The number of hydrogen-bond donors (Lipinski definition) is 3. The van der Waals surface area contributed by atoms with Crippen molar-refractivity contribution >= 4 is 29.0 Å². The van der Waals surface area contributed by atoms with Gasteiger partial charge in [0, 0.05) is 28.7 Å². The molecule has 0 saturated heterocycles. The summed E-state index contributed by atoms with van der Waals surface area (Å²) in [6.07, 6.45) is 5.34. The molecule has 3 N–H and O–H groups in total. The van der Waals surface area contributed by atoms with Gasteiger partial charge in [-0.3, -0.25) is 4.79 Å². The van der Waals surface area contributed by atoms with Gasteiger partial charge in [0.15, 0.2) is 0 Å². The normalized spacial score (nSPS) is 14.2. The van der Waals surface area contributed by atoms with Crippen LogP contribution in [0.15, 0.2) is 41.8 Å². The Morgan fingerprint density at radius 3 is 2.52 bits per heavy atom. The van der Waals surface area contributed by atoms with Gasteiger partial charge < -0.3 is 16.0 Å². The van der Waals surface area contributed by atoms with Crippen molar-refractivity contribution in [2.24, 2.45) is 0 Å². The highest BCUT2D eigenvalue weighted by atomic mass is 32.1. The molecule has 1 saturated carbocycles. The van der Waals surface area contributed by atoms with E-state index in [0.29, 0.717) is 23.8 Å². The fourth-order valence-electron chi connectivity index (χ4n) is 2.97. The van der Waals surface area contributed by atoms with Gasteiger partial charge in [0.25, 0.3) is 5.91 Å². The molecule has 3 amide bonds. The standard InChI is InChI=1S/C19H23N3O2S/c23-18(21-15-4-1-2-5-15)14-7-9-16(10-8-14)22-19(24)20-12-11-17-6-3-13-25-17/h3,6-10,13,15H,1-2,4-5,11-12H2,(H,21,23)(H2,20,22,24). The van der Waals surface area contributed by atoms with Crippen molar-refractivity contribution in [3.8, 4) is 0 Å². The quantitative estimate of drug-likeness (QED) is 0.736. The van der Waals surface area contributed by atoms with E-state index in [9.17, 15) is 9.59 Å². The largest absolute Gasteiger partial charge is 0.349 e. The molecule has 1 aromatic heterocycles. The van der Waals surface area contributed by atoms with Gasteiger partial charge in [-0.25, -0.2) is 4.79 Å². The second-order valence-electron chi connectivity index (χ2n) is 6.24. The highest BCUT2D eigenvalue weighted by Gasteiger charge is 2.17. The summed E-state index contributed by atoms with van der Waals surface area (Å²) in [7, 11) is 0. The predicted molar refractivity (Wildman–Crippen MR) is 101 cm³/mol. The molecular weight excluding hydrogens is 334 g/mol. The van der Waals surface area contributed by atoms with Crippen LogP contribution in [0.3, 0.4) is 0 Å². The van der Waals surface area contributed by atoms with Crippen LogP contribution in [-0.4, -0.2) is 24.5 Å². The smallest absolute Gasteiger partial charge is 0.319 e. The Morgan fingerprint density at radius 2 is 1.84 bits per heavy atom. The zero-order valence-electron chi connectivity index (χ0n) is 14.1. The number of carbonyl (C=O) groups is 2. The molecule has 1 aliphatic carbocycles. The lowest BCUT2D eigenvalue weighted by atomic mass is 10.1. The van der Waals surface area contributed by atoms with Crippen molar-refractivity contribution in [1.29, 1.82) is 0 Å². The second-order valence-corrected chi connectivity index (χ2v) is 7.27. The molecule has 25 heavy (non-hydrogen) atoms. The average molecular weight is 357 g/mol. The lowest BCUT2D eigenvalue weighted by Crippen LogP contribution is -2.32. The van der Waals surface area contributed by atoms with Crippen LogP contribution in [0.4, 0.5) is 10.5 Å². The lowest BCUT2D eigenvalue weighted by Gasteiger charge is -2.12. The number of benzene rings is 1. The number of nitrogens with one attached hydrogen (secondary N) is 3. The molecule has 0 aliphatic heterocycles. The fourth-order valence-corrected chi connectivity index (χ4v) is 3.68. The van der Waals surface area contributed by atoms with E-state index in [-0.39, 0.29) is 11.9 Å². The van der Waals surface area contributed by atoms with E-state index in [0.717, 1.165) is 19.3 Å². The number of thiophene rings is 1. The van der Waals surface area contributed by atoms with Gasteiger partial charge in [-0.2, -0.15) is 0 Å². The van der Waals surface area contributed by atoms with Crippen molar-refractivity contribution in [2.75, 3.05) is 11.9 Å². The van der Waals surface area contributed by atoms with E-state index in [4.69, 9.17) is 0 Å². The number of urea groups is 1. The van der Waals surface area contributed by atoms with Crippen LogP contribution in [0.1, 0.15) is 40.9 Å². The third-order valence-electron chi connectivity index (χ3n) is 4.33. The average Bonchev–Trinajstić information content (AvgIpc) is 3.29. The van der Waals surface area contributed by atoms with E-state index in [2.05, 4.69) is 22.0 Å². The molecule has 0 radical (unpaired) electrons. The first kappa shape index (κ1) is 17.5. The van der Waals surface area contributed by atoms with Gasteiger partial charge in [0.1, 0.15) is 0 Å². The summed E-state index contributed by atoms with van der Waals surface area (Å²) in [5.74, 6) is -0.0427. The number of rotatable bonds is 6. The van der Waals surface area contributed by atoms with Gasteiger partial charge in [0.05, 0.1) is 0 Å². The molecule has 0 unspecified atom stereocenters. The first-order valence-corrected chi connectivity index (χ1v) is 9.57. The third-order valence-corrected chi connectivity index (χ3v) is 5.27. The van der Waals surface area contributed by atoms with E-state index in [1.807, 2.05) is 11.4 Å². The molecule has 0 atom stereocenters. The third kappa shape index (κ3) is 5.32. The summed E-state index contributed by atoms with van der Waals surface area (Å²) in [6, 6.07) is 11.1. The minimum absolute atomic E-state index is 0.0427. The summed E-state index contributed by atoms with van der Waals surface area (Å²) in [4.78, 5) is 25.3. The first-order chi connectivity index (χ1) is 12.2. The Labute approximate surface area is 151 Å². The number of amides is 3. The molecule has 1 fully saturated rings. The topological polar surface area (TPSA) is 70.2 Å². The summed E-state index contributed by atoms with van der Waals surface area (Å²) in [6.45, 7) is 0.591. The van der Waals surface area contributed by atoms with Crippen LogP contribution >= 0.6 is 11.3 Å². The van der Waals surface area contributed by atoms with Crippen LogP contribution in [0.5, 0.6) is 0 Å². The van der Waals surface area contributed by atoms with Gasteiger partial charge >= 0.3 is 6.03 Å². The molecule has 1 aliphatic rings. The van der Waals surface area contributed by atoms with Crippen molar-refractivity contribution in [1.82, 2.24) is 10.6 Å². The van der Waals surface area contributed by atoms with Gasteiger partial charge in [0.2, 0.25) is 0 Å². The Kier molecular flexibility index (Phi) is 6.06. The first-order valence-electron chi connectivity index (χ1n) is 8.69. The molecular formula is C19H23N3O2S. The van der Waals surface area contributed by atoms with Crippen molar-refractivity contribution < 1.29 is 9.59 Å². The van der Waals surface area contributed by atoms with Gasteiger partial charge in [-0.05, 0) is 55.0 Å². The molecule has 0 bridgehead atoms. The summed E-state index contributed by atoms with van der Waals surface area (Å²) >= 11 is 1.68. The maximum atomic E-state index is 12.2. The molecule has 2 aromatic rings. The molecule has 3 rings (SSSR count). The highest BCUT2D eigenvalue weighted by Crippen LogP contribution is 2.18. The maximum absolute atomic E-state index is 12.2. The van der Waals surface area contributed by atoms with Crippen LogP contribution in [0, 0.1) is 0 Å². The van der Waals surface area contributed by atoms with Gasteiger partial charge in [-0.1, -0.05) is 18.9 Å². The number of anilines is 1. The molecule has 132 valence electrons. The monoisotopic (exact) mass is 357 g/mol. The van der Waals surface area contributed by atoms with E-state index < -0.39 is 0 Å². The van der Waals surface area contributed by atoms with Crippen molar-refractivity contribution in [2.45, 2.75) is 38.1 Å². The molecule has 1 heterocycles. The maximum Gasteiger partial charge on any atom is 0.319 e. The Hall–Kier alpha value is -2.34. The molecule has 6 heteroatoms. The van der Waals surface area contributed by atoms with Crippen LogP contribution in [-0.2, 0) is 6.42 Å². The molecule has 0 spiro atoms. The molecule has 5 nitrogen and oxygen atoms in total. The minimum Gasteiger partial charge on any atom is -0.349 e. The van der Waals surface area contributed by atoms with E-state index in [1.54, 1.807) is 35.6 Å². The molecule has 1 aromatic carbocycles. The van der Waals surface area contributed by atoms with Crippen molar-refractivity contribution in [3.63, 3.8) is 0 Å². The summed E-state index contributed by atoms with van der Waals surface area (Å²) < 4.78 is 0. The van der Waals surface area contributed by atoms with E-state index >= 15 is 0 Å². The number of hydrogen-bond acceptors (Lipinski definition) is 3.